The van der Waals surface area contributed by atoms with E-state index in [1.165, 1.54) is 19.1 Å². The van der Waals surface area contributed by atoms with Crippen LogP contribution in [0.4, 0.5) is 5.69 Å². The largest absolute Gasteiger partial charge is 0.340 e. The summed E-state index contributed by atoms with van der Waals surface area (Å²) < 4.78 is 0. The number of ketones is 1. The zero-order valence-corrected chi connectivity index (χ0v) is 24.1. The van der Waals surface area contributed by atoms with E-state index in [1.54, 1.807) is 30.3 Å². The van der Waals surface area contributed by atoms with Gasteiger partial charge in [-0.05, 0) is 61.5 Å². The second kappa shape index (κ2) is 11.7. The first-order valence-electron chi connectivity index (χ1n) is 12.1. The number of hydrogen-bond donors (Lipinski definition) is 2. The molecule has 1 aliphatic rings. The lowest BCUT2D eigenvalue weighted by atomic mass is 10.1. The molecule has 7 nitrogen and oxygen atoms in total. The van der Waals surface area contributed by atoms with Crippen molar-refractivity contribution in [3.63, 3.8) is 0 Å². The molecule has 1 saturated carbocycles. The number of carbonyl (C=O) groups is 3. The van der Waals surface area contributed by atoms with Crippen molar-refractivity contribution in [1.29, 1.82) is 0 Å². The molecule has 2 amide bonds. The Kier molecular flexibility index (Phi) is 8.55. The number of anilines is 1. The molecule has 1 heterocycles. The van der Waals surface area contributed by atoms with Crippen molar-refractivity contribution in [1.82, 2.24) is 15.6 Å². The van der Waals surface area contributed by atoms with Crippen LogP contribution in [0, 0.1) is 0 Å². The van der Waals surface area contributed by atoms with Gasteiger partial charge in [-0.2, -0.15) is 0 Å². The normalized spacial score (nSPS) is 13.8. The van der Waals surface area contributed by atoms with Crippen molar-refractivity contribution in [3.8, 4) is 11.3 Å². The second-order valence-electron chi connectivity index (χ2n) is 9.25. The molecule has 1 unspecified atom stereocenters. The van der Waals surface area contributed by atoms with Gasteiger partial charge in [0, 0.05) is 30.1 Å². The third-order valence-electron chi connectivity index (χ3n) is 6.52. The molecular formula is C29H27Cl2N4O3P. The molecule has 0 bridgehead atoms. The Hall–Kier alpha value is -3.51. The number of nitrogens with one attached hydrogen (secondary N) is 2. The Morgan fingerprint density at radius 3 is 2.38 bits per heavy atom. The summed E-state index contributed by atoms with van der Waals surface area (Å²) in [7, 11) is 4.34. The molecule has 2 aromatic carbocycles. The van der Waals surface area contributed by atoms with Crippen LogP contribution in [0.2, 0.25) is 10.0 Å². The number of para-hydroxylation sites is 1. The second-order valence-corrected chi connectivity index (χ2v) is 10.7. The van der Waals surface area contributed by atoms with Gasteiger partial charge in [0.15, 0.2) is 5.78 Å². The molecule has 1 fully saturated rings. The lowest BCUT2D eigenvalue weighted by Gasteiger charge is -2.24. The maximum atomic E-state index is 13.6. The Labute approximate surface area is 239 Å². The summed E-state index contributed by atoms with van der Waals surface area (Å²) in [6, 6.07) is 16.0. The number of amides is 2. The number of nitrogens with zero attached hydrogens (tertiary/aromatic N) is 2. The zero-order valence-electron chi connectivity index (χ0n) is 21.4. The molecule has 2 N–H and O–H groups in total. The summed E-state index contributed by atoms with van der Waals surface area (Å²) in [5.74, 6) is -0.844. The first-order valence-corrected chi connectivity index (χ1v) is 13.4. The van der Waals surface area contributed by atoms with Crippen LogP contribution in [0.1, 0.15) is 30.1 Å². The fourth-order valence-corrected chi connectivity index (χ4v) is 4.86. The smallest absolute Gasteiger partial charge is 0.258 e. The molecular weight excluding hydrogens is 554 g/mol. The fraction of sp³-hybridized carbons (Fsp3) is 0.172. The third kappa shape index (κ3) is 6.39. The molecule has 1 atom stereocenters. The monoisotopic (exact) mass is 580 g/mol. The molecule has 10 heteroatoms. The molecule has 39 heavy (non-hydrogen) atoms. The van der Waals surface area contributed by atoms with E-state index >= 15 is 0 Å². The summed E-state index contributed by atoms with van der Waals surface area (Å²) in [5.41, 5.74) is 1.30. The molecule has 0 saturated heterocycles. The van der Waals surface area contributed by atoms with Crippen LogP contribution in [0.5, 0.6) is 0 Å². The summed E-state index contributed by atoms with van der Waals surface area (Å²) >= 11 is 12.9. The maximum absolute atomic E-state index is 13.6. The fourth-order valence-electron chi connectivity index (χ4n) is 3.96. The highest BCUT2D eigenvalue weighted by Gasteiger charge is 2.48. The molecule has 1 aromatic heterocycles. The maximum Gasteiger partial charge on any atom is 0.258 e. The highest BCUT2D eigenvalue weighted by molar-refractivity contribution is 7.27. The Morgan fingerprint density at radius 2 is 1.77 bits per heavy atom. The van der Waals surface area contributed by atoms with Crippen LogP contribution < -0.4 is 20.8 Å². The van der Waals surface area contributed by atoms with E-state index in [9.17, 15) is 14.4 Å². The summed E-state index contributed by atoms with van der Waals surface area (Å²) in [6.45, 7) is 5.34. The van der Waals surface area contributed by atoms with Crippen molar-refractivity contribution < 1.29 is 14.4 Å². The molecule has 0 aliphatic heterocycles. The highest BCUT2D eigenvalue weighted by atomic mass is 35.5. The molecule has 0 spiro atoms. The van der Waals surface area contributed by atoms with Crippen molar-refractivity contribution in [2.45, 2.75) is 25.3 Å². The Morgan fingerprint density at radius 1 is 1.08 bits per heavy atom. The summed E-state index contributed by atoms with van der Waals surface area (Å²) in [5, 5.41) is 6.94. The van der Waals surface area contributed by atoms with Crippen molar-refractivity contribution in [3.05, 3.63) is 100 Å². The number of hydrogen-bond acceptors (Lipinski definition) is 5. The minimum Gasteiger partial charge on any atom is -0.340 e. The Balaban J connectivity index is 1.67. The van der Waals surface area contributed by atoms with Gasteiger partial charge in [-0.15, -0.1) is 9.24 Å². The van der Waals surface area contributed by atoms with Gasteiger partial charge in [0.25, 0.3) is 11.8 Å². The van der Waals surface area contributed by atoms with E-state index < -0.39 is 17.4 Å². The van der Waals surface area contributed by atoms with E-state index in [0.717, 1.165) is 11.0 Å². The number of rotatable bonds is 9. The molecule has 0 radical (unpaired) electrons. The van der Waals surface area contributed by atoms with E-state index in [2.05, 4.69) is 31.4 Å². The van der Waals surface area contributed by atoms with Crippen LogP contribution in [0.15, 0.2) is 84.8 Å². The van der Waals surface area contributed by atoms with Crippen LogP contribution in [-0.4, -0.2) is 35.2 Å². The number of Topliss-reactive ketones (excluding diaryl/α,β-unsaturated/α-hetero) is 1. The van der Waals surface area contributed by atoms with E-state index in [0.29, 0.717) is 29.1 Å². The molecule has 4 rings (SSSR count). The lowest BCUT2D eigenvalue weighted by molar-refractivity contribution is -0.125. The van der Waals surface area contributed by atoms with Gasteiger partial charge < -0.3 is 15.5 Å². The molecule has 3 aromatic rings. The lowest BCUT2D eigenvalue weighted by Crippen LogP contribution is -2.42. The SMILES string of the molecule is C=C(/C=C(/NC(=O)c1cc(-c2ncccc2P)c(Cl)cc1Cl)N(C)c1ccccc1)C(=O)NC1(C(C)=O)CC1. The summed E-state index contributed by atoms with van der Waals surface area (Å²) in [6.07, 6.45) is 4.27. The van der Waals surface area contributed by atoms with Gasteiger partial charge >= 0.3 is 0 Å². The van der Waals surface area contributed by atoms with Gasteiger partial charge in [-0.25, -0.2) is 0 Å². The van der Waals surface area contributed by atoms with E-state index in [1.807, 2.05) is 36.4 Å². The van der Waals surface area contributed by atoms with Crippen LogP contribution in [-0.2, 0) is 9.59 Å². The van der Waals surface area contributed by atoms with Crippen LogP contribution in [0.3, 0.4) is 0 Å². The van der Waals surface area contributed by atoms with Gasteiger partial charge in [0.2, 0.25) is 0 Å². The van der Waals surface area contributed by atoms with E-state index in [-0.39, 0.29) is 27.8 Å². The van der Waals surface area contributed by atoms with Gasteiger partial charge in [-0.1, -0.05) is 54.0 Å². The summed E-state index contributed by atoms with van der Waals surface area (Å²) in [4.78, 5) is 44.5. The number of halogens is 2. The van der Waals surface area contributed by atoms with Crippen LogP contribution >= 0.6 is 32.4 Å². The van der Waals surface area contributed by atoms with Gasteiger partial charge in [0.05, 0.1) is 26.8 Å². The number of pyridine rings is 1. The number of carbonyl (C=O) groups excluding carboxylic acids is 3. The highest BCUT2D eigenvalue weighted by Crippen LogP contribution is 2.36. The van der Waals surface area contributed by atoms with Crippen molar-refractivity contribution in [2.75, 3.05) is 11.9 Å². The predicted molar refractivity (Wildman–Crippen MR) is 159 cm³/mol. The van der Waals surface area contributed by atoms with Crippen LogP contribution in [0.25, 0.3) is 11.3 Å². The average Bonchev–Trinajstić information content (AvgIpc) is 3.69. The van der Waals surface area contributed by atoms with Crippen molar-refractivity contribution >= 4 is 61.0 Å². The van der Waals surface area contributed by atoms with Crippen molar-refractivity contribution in [2.24, 2.45) is 0 Å². The first-order chi connectivity index (χ1) is 18.5. The van der Waals surface area contributed by atoms with Gasteiger partial charge in [-0.3, -0.25) is 19.4 Å². The average molecular weight is 581 g/mol. The standard InChI is InChI=1S/C29H27Cl2N4O3P/c1-17(27(37)34-29(11-12-29)18(2)36)14-25(35(3)19-8-5-4-6-9-19)33-28(38)21-15-20(22(30)16-23(21)31)26-24(39)10-7-13-32-26/h4-10,13-16H,1,11-12,39H2,2-3H3,(H,33,38)(H,34,37)/b25-14-. The quantitative estimate of drug-likeness (QED) is 0.210. The molecule has 200 valence electrons. The topological polar surface area (TPSA) is 91.4 Å². The predicted octanol–water partition coefficient (Wildman–Crippen LogP) is 5.06. The first kappa shape index (κ1) is 28.5. The minimum absolute atomic E-state index is 0.0737. The zero-order chi connectivity index (χ0) is 28.3. The van der Waals surface area contributed by atoms with E-state index in [4.69, 9.17) is 23.2 Å². The van der Waals surface area contributed by atoms with Gasteiger partial charge in [0.1, 0.15) is 5.82 Å². The Bertz CT molecular complexity index is 1500. The molecule has 1 aliphatic carbocycles. The third-order valence-corrected chi connectivity index (χ3v) is 7.61. The number of aromatic nitrogens is 1. The number of benzene rings is 2. The minimum atomic E-state index is -0.836.